The predicted molar refractivity (Wildman–Crippen MR) is 59.6 cm³/mol. The summed E-state index contributed by atoms with van der Waals surface area (Å²) >= 11 is 0. The van der Waals surface area contributed by atoms with Crippen molar-refractivity contribution >= 4 is 6.03 Å². The van der Waals surface area contributed by atoms with E-state index < -0.39 is 0 Å². The van der Waals surface area contributed by atoms with Crippen LogP contribution in [-0.4, -0.2) is 36.1 Å². The van der Waals surface area contributed by atoms with Gasteiger partial charge in [0.1, 0.15) is 0 Å². The molecule has 2 unspecified atom stereocenters. The molecule has 15 heavy (non-hydrogen) atoms. The van der Waals surface area contributed by atoms with Crippen molar-refractivity contribution < 1.29 is 4.79 Å². The van der Waals surface area contributed by atoms with E-state index in [1.54, 1.807) is 0 Å². The molecule has 0 bridgehead atoms. The van der Waals surface area contributed by atoms with Gasteiger partial charge >= 0.3 is 6.03 Å². The van der Waals surface area contributed by atoms with Crippen molar-refractivity contribution in [1.82, 2.24) is 10.2 Å². The van der Waals surface area contributed by atoms with Crippen LogP contribution < -0.4 is 11.1 Å². The van der Waals surface area contributed by atoms with Gasteiger partial charge in [-0.05, 0) is 25.7 Å². The number of nitrogens with zero attached hydrogens (tertiary/aromatic N) is 1. The molecule has 2 atom stereocenters. The molecule has 2 amide bonds. The van der Waals surface area contributed by atoms with Crippen LogP contribution in [0.2, 0.25) is 0 Å². The molecule has 0 aromatic rings. The van der Waals surface area contributed by atoms with Crippen molar-refractivity contribution in [2.45, 2.75) is 50.6 Å². The predicted octanol–water partition coefficient (Wildman–Crippen LogP) is 1.06. The zero-order valence-electron chi connectivity index (χ0n) is 9.24. The van der Waals surface area contributed by atoms with Crippen LogP contribution in [0.15, 0.2) is 0 Å². The number of carbonyl (C=O) groups excluding carboxylic acids is 1. The van der Waals surface area contributed by atoms with E-state index in [4.69, 9.17) is 5.73 Å². The molecule has 0 aromatic heterocycles. The molecule has 1 saturated carbocycles. The molecule has 4 heteroatoms. The van der Waals surface area contributed by atoms with Crippen LogP contribution in [0.1, 0.15) is 38.5 Å². The molecule has 1 saturated heterocycles. The van der Waals surface area contributed by atoms with Crippen LogP contribution in [0.25, 0.3) is 0 Å². The Morgan fingerprint density at radius 2 is 1.80 bits per heavy atom. The van der Waals surface area contributed by atoms with Gasteiger partial charge in [0, 0.05) is 25.2 Å². The summed E-state index contributed by atoms with van der Waals surface area (Å²) in [7, 11) is 0. The van der Waals surface area contributed by atoms with E-state index in [1.807, 2.05) is 4.90 Å². The van der Waals surface area contributed by atoms with Crippen LogP contribution in [-0.2, 0) is 0 Å². The lowest BCUT2D eigenvalue weighted by Gasteiger charge is -2.30. The highest BCUT2D eigenvalue weighted by Gasteiger charge is 2.26. The smallest absolute Gasteiger partial charge is 0.317 e. The Labute approximate surface area is 91.2 Å². The summed E-state index contributed by atoms with van der Waals surface area (Å²) in [5.41, 5.74) is 5.99. The normalized spacial score (nSPS) is 31.7. The van der Waals surface area contributed by atoms with Gasteiger partial charge in [-0.3, -0.25) is 0 Å². The van der Waals surface area contributed by atoms with Crippen LogP contribution in [0.4, 0.5) is 4.79 Å². The number of hydrogen-bond acceptors (Lipinski definition) is 2. The molecule has 2 rings (SSSR count). The summed E-state index contributed by atoms with van der Waals surface area (Å²) in [5, 5.41) is 3.07. The summed E-state index contributed by atoms with van der Waals surface area (Å²) in [6, 6.07) is 0.451. The summed E-state index contributed by atoms with van der Waals surface area (Å²) in [6.45, 7) is 1.82. The third kappa shape index (κ3) is 2.62. The van der Waals surface area contributed by atoms with E-state index in [0.29, 0.717) is 0 Å². The fraction of sp³-hybridized carbons (Fsp3) is 0.909. The van der Waals surface area contributed by atoms with Gasteiger partial charge < -0.3 is 16.0 Å². The standard InChI is InChI=1S/C11H21N3O/c12-9-5-1-2-6-10(9)13-11(15)14-7-3-4-8-14/h9-10H,1-8,12H2,(H,13,15). The van der Waals surface area contributed by atoms with E-state index in [1.165, 1.54) is 12.8 Å². The Balaban J connectivity index is 1.81. The summed E-state index contributed by atoms with van der Waals surface area (Å²) in [6.07, 6.45) is 6.77. The van der Waals surface area contributed by atoms with Crippen molar-refractivity contribution in [2.75, 3.05) is 13.1 Å². The topological polar surface area (TPSA) is 58.4 Å². The molecule has 0 spiro atoms. The molecular weight excluding hydrogens is 190 g/mol. The first-order valence-electron chi connectivity index (χ1n) is 6.08. The largest absolute Gasteiger partial charge is 0.334 e. The van der Waals surface area contributed by atoms with Gasteiger partial charge in [0.25, 0.3) is 0 Å². The Hall–Kier alpha value is -0.770. The average Bonchev–Trinajstić information content (AvgIpc) is 2.74. The van der Waals surface area contributed by atoms with Crippen molar-refractivity contribution in [3.8, 4) is 0 Å². The number of nitrogens with two attached hydrogens (primary N) is 1. The quantitative estimate of drug-likeness (QED) is 0.681. The molecular formula is C11H21N3O. The second kappa shape index (κ2) is 4.84. The van der Waals surface area contributed by atoms with Gasteiger partial charge in [0.05, 0.1) is 0 Å². The van der Waals surface area contributed by atoms with Crippen LogP contribution in [0.5, 0.6) is 0 Å². The molecule has 86 valence electrons. The van der Waals surface area contributed by atoms with Gasteiger partial charge in [-0.1, -0.05) is 12.8 Å². The average molecular weight is 211 g/mol. The highest BCUT2D eigenvalue weighted by Crippen LogP contribution is 2.17. The first kappa shape index (κ1) is 10.7. The van der Waals surface area contributed by atoms with Gasteiger partial charge in [0.2, 0.25) is 0 Å². The maximum absolute atomic E-state index is 11.8. The number of hydrogen-bond donors (Lipinski definition) is 2. The third-order valence-electron chi connectivity index (χ3n) is 3.52. The van der Waals surface area contributed by atoms with E-state index in [9.17, 15) is 4.79 Å². The lowest BCUT2D eigenvalue weighted by molar-refractivity contribution is 0.197. The van der Waals surface area contributed by atoms with Crippen molar-refractivity contribution in [1.29, 1.82) is 0 Å². The third-order valence-corrected chi connectivity index (χ3v) is 3.52. The van der Waals surface area contributed by atoms with E-state index >= 15 is 0 Å². The van der Waals surface area contributed by atoms with Crippen LogP contribution in [0.3, 0.4) is 0 Å². The summed E-state index contributed by atoms with van der Waals surface area (Å²) in [5.74, 6) is 0. The number of likely N-dealkylation sites (tertiary alicyclic amines) is 1. The fourth-order valence-corrected chi connectivity index (χ4v) is 2.51. The van der Waals surface area contributed by atoms with E-state index in [0.717, 1.165) is 38.8 Å². The van der Waals surface area contributed by atoms with E-state index in [2.05, 4.69) is 5.32 Å². The maximum atomic E-state index is 11.8. The molecule has 1 heterocycles. The minimum atomic E-state index is 0.0925. The van der Waals surface area contributed by atoms with Crippen LogP contribution in [0, 0.1) is 0 Å². The Morgan fingerprint density at radius 3 is 2.47 bits per heavy atom. The van der Waals surface area contributed by atoms with Crippen LogP contribution >= 0.6 is 0 Å². The first-order chi connectivity index (χ1) is 7.27. The SMILES string of the molecule is NC1CCCCC1NC(=O)N1CCCC1. The molecule has 4 nitrogen and oxygen atoms in total. The number of rotatable bonds is 1. The highest BCUT2D eigenvalue weighted by molar-refractivity contribution is 5.74. The Morgan fingerprint density at radius 1 is 1.13 bits per heavy atom. The molecule has 0 aromatic carbocycles. The summed E-state index contributed by atoms with van der Waals surface area (Å²) < 4.78 is 0. The van der Waals surface area contributed by atoms with Crippen molar-refractivity contribution in [3.05, 3.63) is 0 Å². The zero-order valence-corrected chi connectivity index (χ0v) is 9.24. The van der Waals surface area contributed by atoms with Gasteiger partial charge in [-0.25, -0.2) is 4.79 Å². The minimum absolute atomic E-state index is 0.0925. The van der Waals surface area contributed by atoms with Gasteiger partial charge in [-0.2, -0.15) is 0 Å². The number of urea groups is 1. The van der Waals surface area contributed by atoms with E-state index in [-0.39, 0.29) is 18.1 Å². The first-order valence-corrected chi connectivity index (χ1v) is 6.08. The van der Waals surface area contributed by atoms with Crippen molar-refractivity contribution in [2.24, 2.45) is 5.73 Å². The highest BCUT2D eigenvalue weighted by atomic mass is 16.2. The molecule has 2 fully saturated rings. The minimum Gasteiger partial charge on any atom is -0.334 e. The Bertz CT molecular complexity index is 226. The Kier molecular flexibility index (Phi) is 3.46. The second-order valence-electron chi connectivity index (χ2n) is 4.70. The monoisotopic (exact) mass is 211 g/mol. The number of carbonyl (C=O) groups is 1. The van der Waals surface area contributed by atoms with Crippen molar-refractivity contribution in [3.63, 3.8) is 0 Å². The lowest BCUT2D eigenvalue weighted by Crippen LogP contribution is -2.52. The second-order valence-corrected chi connectivity index (χ2v) is 4.70. The maximum Gasteiger partial charge on any atom is 0.317 e. The van der Waals surface area contributed by atoms with Gasteiger partial charge in [-0.15, -0.1) is 0 Å². The molecule has 1 aliphatic heterocycles. The lowest BCUT2D eigenvalue weighted by atomic mass is 9.91. The molecule has 3 N–H and O–H groups in total. The number of amides is 2. The molecule has 2 aliphatic rings. The van der Waals surface area contributed by atoms with Gasteiger partial charge in [0.15, 0.2) is 0 Å². The molecule has 1 aliphatic carbocycles. The summed E-state index contributed by atoms with van der Waals surface area (Å²) in [4.78, 5) is 13.7. The zero-order chi connectivity index (χ0) is 10.7. The molecule has 0 radical (unpaired) electrons. The number of nitrogens with one attached hydrogen (secondary N) is 1. The fourth-order valence-electron chi connectivity index (χ4n) is 2.51.